The number of nitro groups is 1. The molecule has 1 N–H and O–H groups in total. The number of nitrogens with zero attached hydrogens (tertiary/aromatic N) is 1. The molecular formula is C17H15ClN2O5. The third-order valence-electron chi connectivity index (χ3n) is 3.30. The highest BCUT2D eigenvalue weighted by Gasteiger charge is 2.19. The molecule has 0 aromatic heterocycles. The van der Waals surface area contributed by atoms with Gasteiger partial charge in [-0.25, -0.2) is 0 Å². The molecule has 0 aliphatic heterocycles. The first-order valence-electron chi connectivity index (χ1n) is 7.33. The smallest absolute Gasteiger partial charge is 0.313 e. The second-order valence-corrected chi connectivity index (χ2v) is 5.62. The molecule has 8 heteroatoms. The monoisotopic (exact) mass is 362 g/mol. The summed E-state index contributed by atoms with van der Waals surface area (Å²) < 4.78 is 5.17. The minimum Gasteiger partial charge on any atom is -0.426 e. The van der Waals surface area contributed by atoms with Crippen LogP contribution in [0, 0.1) is 10.1 Å². The van der Waals surface area contributed by atoms with Crippen molar-refractivity contribution < 1.29 is 19.2 Å². The number of nitro benzene ring substituents is 1. The molecule has 0 aliphatic carbocycles. The summed E-state index contributed by atoms with van der Waals surface area (Å²) in [7, 11) is 0. The Morgan fingerprint density at radius 2 is 1.92 bits per heavy atom. The summed E-state index contributed by atoms with van der Waals surface area (Å²) in [6, 6.07) is 12.1. The minimum absolute atomic E-state index is 0.0928. The van der Waals surface area contributed by atoms with Gasteiger partial charge in [0, 0.05) is 19.1 Å². The van der Waals surface area contributed by atoms with Crippen LogP contribution in [0.15, 0.2) is 48.5 Å². The number of carbonyl (C=O) groups is 2. The molecule has 0 saturated carbocycles. The molecular weight excluding hydrogens is 348 g/mol. The van der Waals surface area contributed by atoms with E-state index in [1.165, 1.54) is 19.1 Å². The van der Waals surface area contributed by atoms with Crippen LogP contribution in [0.3, 0.4) is 0 Å². The second kappa shape index (κ2) is 8.25. The fourth-order valence-electron chi connectivity index (χ4n) is 2.22. The highest BCUT2D eigenvalue weighted by Crippen LogP contribution is 2.29. The van der Waals surface area contributed by atoms with Crippen molar-refractivity contribution in [2.24, 2.45) is 0 Å². The molecule has 130 valence electrons. The van der Waals surface area contributed by atoms with Crippen LogP contribution in [-0.2, 0) is 9.59 Å². The molecule has 25 heavy (non-hydrogen) atoms. The van der Waals surface area contributed by atoms with Crippen molar-refractivity contribution in [3.8, 4) is 5.75 Å². The zero-order chi connectivity index (χ0) is 18.4. The minimum atomic E-state index is -0.629. The van der Waals surface area contributed by atoms with E-state index in [0.29, 0.717) is 0 Å². The van der Waals surface area contributed by atoms with Crippen LogP contribution in [0.1, 0.15) is 24.9 Å². The summed E-state index contributed by atoms with van der Waals surface area (Å²) in [5.74, 6) is -0.789. The van der Waals surface area contributed by atoms with E-state index in [0.717, 1.165) is 11.6 Å². The Balaban J connectivity index is 2.10. The van der Waals surface area contributed by atoms with Gasteiger partial charge >= 0.3 is 5.97 Å². The van der Waals surface area contributed by atoms with Crippen LogP contribution in [0.2, 0.25) is 5.02 Å². The Bertz CT molecular complexity index is 795. The zero-order valence-electron chi connectivity index (χ0n) is 13.3. The number of amides is 1. The molecule has 2 aromatic rings. The fourth-order valence-corrected chi connectivity index (χ4v) is 2.46. The molecule has 0 aliphatic rings. The molecule has 2 rings (SSSR count). The van der Waals surface area contributed by atoms with Crippen molar-refractivity contribution in [2.45, 2.75) is 19.4 Å². The van der Waals surface area contributed by atoms with Gasteiger partial charge in [-0.15, -0.1) is 0 Å². The van der Waals surface area contributed by atoms with Crippen LogP contribution in [0.25, 0.3) is 0 Å². The normalized spacial score (nSPS) is 11.4. The lowest BCUT2D eigenvalue weighted by molar-refractivity contribution is -0.384. The molecule has 0 saturated heterocycles. The highest BCUT2D eigenvalue weighted by atomic mass is 35.5. The molecule has 1 atom stereocenters. The first-order valence-corrected chi connectivity index (χ1v) is 7.71. The lowest BCUT2D eigenvalue weighted by Gasteiger charge is -2.17. The second-order valence-electron chi connectivity index (χ2n) is 5.21. The molecule has 0 spiro atoms. The van der Waals surface area contributed by atoms with E-state index in [4.69, 9.17) is 16.3 Å². The maximum atomic E-state index is 12.2. The van der Waals surface area contributed by atoms with Crippen molar-refractivity contribution >= 4 is 29.2 Å². The Kier molecular flexibility index (Phi) is 6.08. The number of ether oxygens (including phenoxy) is 1. The molecule has 0 fully saturated rings. The number of nitrogens with one attached hydrogen (secondary N) is 1. The lowest BCUT2D eigenvalue weighted by Crippen LogP contribution is -2.29. The van der Waals surface area contributed by atoms with Gasteiger partial charge in [-0.3, -0.25) is 19.7 Å². The van der Waals surface area contributed by atoms with E-state index in [1.54, 1.807) is 24.3 Å². The third kappa shape index (κ3) is 5.29. The third-order valence-corrected chi connectivity index (χ3v) is 3.60. The number of esters is 1. The lowest BCUT2D eigenvalue weighted by atomic mass is 10.0. The summed E-state index contributed by atoms with van der Waals surface area (Å²) >= 11 is 5.79. The van der Waals surface area contributed by atoms with Crippen molar-refractivity contribution in [3.05, 3.63) is 69.2 Å². The van der Waals surface area contributed by atoms with Gasteiger partial charge in [-0.1, -0.05) is 41.9 Å². The van der Waals surface area contributed by atoms with Gasteiger partial charge in [0.2, 0.25) is 5.91 Å². The topological polar surface area (TPSA) is 98.5 Å². The van der Waals surface area contributed by atoms with Crippen molar-refractivity contribution in [1.29, 1.82) is 0 Å². The van der Waals surface area contributed by atoms with Gasteiger partial charge in [0.25, 0.3) is 5.69 Å². The molecule has 0 bridgehead atoms. The summed E-state index contributed by atoms with van der Waals surface area (Å²) in [6.45, 7) is 1.36. The van der Waals surface area contributed by atoms with Crippen LogP contribution in [-0.4, -0.2) is 16.8 Å². The van der Waals surface area contributed by atoms with Gasteiger partial charge in [0.1, 0.15) is 10.8 Å². The van der Waals surface area contributed by atoms with E-state index < -0.39 is 16.9 Å². The molecule has 0 radical (unpaired) electrons. The number of rotatable bonds is 6. The Labute approximate surface area is 148 Å². The number of hydrogen-bond acceptors (Lipinski definition) is 5. The summed E-state index contributed by atoms with van der Waals surface area (Å²) in [5, 5.41) is 13.3. The first kappa shape index (κ1) is 18.4. The molecule has 1 unspecified atom stereocenters. The number of benzene rings is 2. The molecule has 7 nitrogen and oxygen atoms in total. The molecule has 0 heterocycles. The quantitative estimate of drug-likeness (QED) is 0.367. The maximum Gasteiger partial charge on any atom is 0.313 e. The van der Waals surface area contributed by atoms with Crippen LogP contribution in [0.4, 0.5) is 5.69 Å². The number of hydrogen-bond donors (Lipinski definition) is 1. The van der Waals surface area contributed by atoms with Gasteiger partial charge in [-0.05, 0) is 11.6 Å². The number of carbonyl (C=O) groups excluding carboxylic acids is 2. The van der Waals surface area contributed by atoms with E-state index in [-0.39, 0.29) is 28.8 Å². The van der Waals surface area contributed by atoms with E-state index >= 15 is 0 Å². The van der Waals surface area contributed by atoms with Crippen LogP contribution >= 0.6 is 11.6 Å². The Morgan fingerprint density at radius 1 is 1.24 bits per heavy atom. The Morgan fingerprint density at radius 3 is 2.48 bits per heavy atom. The van der Waals surface area contributed by atoms with Crippen molar-refractivity contribution in [1.82, 2.24) is 5.32 Å². The van der Waals surface area contributed by atoms with Crippen LogP contribution < -0.4 is 10.1 Å². The first-order chi connectivity index (χ1) is 11.9. The highest BCUT2D eigenvalue weighted by molar-refractivity contribution is 6.32. The maximum absolute atomic E-state index is 12.2. The van der Waals surface area contributed by atoms with Gasteiger partial charge in [0.05, 0.1) is 17.4 Å². The van der Waals surface area contributed by atoms with Gasteiger partial charge in [0.15, 0.2) is 0 Å². The average molecular weight is 363 g/mol. The standard InChI is InChI=1S/C17H15ClN2O5/c1-11(21)19-15(12-5-3-2-4-6-12)10-17(22)25-13-7-8-16(20(23)24)14(18)9-13/h2-9,15H,10H2,1H3,(H,19,21). The summed E-state index contributed by atoms with van der Waals surface area (Å²) in [5.41, 5.74) is 0.484. The predicted molar refractivity (Wildman–Crippen MR) is 91.4 cm³/mol. The van der Waals surface area contributed by atoms with Gasteiger partial charge in [-0.2, -0.15) is 0 Å². The summed E-state index contributed by atoms with van der Waals surface area (Å²) in [6.07, 6.45) is -0.0990. The van der Waals surface area contributed by atoms with Crippen molar-refractivity contribution in [3.63, 3.8) is 0 Å². The Hall–Kier alpha value is -2.93. The summed E-state index contributed by atoms with van der Waals surface area (Å²) in [4.78, 5) is 33.6. The largest absolute Gasteiger partial charge is 0.426 e. The van der Waals surface area contributed by atoms with E-state index in [2.05, 4.69) is 5.32 Å². The van der Waals surface area contributed by atoms with Gasteiger partial charge < -0.3 is 10.1 Å². The fraction of sp³-hybridized carbons (Fsp3) is 0.176. The zero-order valence-corrected chi connectivity index (χ0v) is 14.0. The SMILES string of the molecule is CC(=O)NC(CC(=O)Oc1ccc([N+](=O)[O-])c(Cl)c1)c1ccccc1. The van der Waals surface area contributed by atoms with E-state index in [1.807, 2.05) is 6.07 Å². The number of halogens is 1. The molecule has 2 aromatic carbocycles. The van der Waals surface area contributed by atoms with Crippen LogP contribution in [0.5, 0.6) is 5.75 Å². The van der Waals surface area contributed by atoms with E-state index in [9.17, 15) is 19.7 Å². The van der Waals surface area contributed by atoms with Crippen molar-refractivity contribution in [2.75, 3.05) is 0 Å². The predicted octanol–water partition coefficient (Wildman–Crippen LogP) is 3.42. The average Bonchev–Trinajstić information content (AvgIpc) is 2.54. The molecule has 1 amide bonds.